The highest BCUT2D eigenvalue weighted by Crippen LogP contribution is 2.40. The van der Waals surface area contributed by atoms with Gasteiger partial charge in [-0.05, 0) is 57.1 Å². The van der Waals surface area contributed by atoms with Crippen molar-refractivity contribution < 1.29 is 36.9 Å². The lowest BCUT2D eigenvalue weighted by Gasteiger charge is -2.27. The normalized spacial score (nSPS) is 16.2. The summed E-state index contributed by atoms with van der Waals surface area (Å²) in [6.45, 7) is 7.98. The number of methoxy groups -OCH3 is 2. The van der Waals surface area contributed by atoms with Crippen LogP contribution in [-0.2, 0) is 42.9 Å². The molecule has 1 aliphatic carbocycles. The van der Waals surface area contributed by atoms with E-state index in [1.165, 1.54) is 14.2 Å². The third kappa shape index (κ3) is 9.03. The molecule has 0 bridgehead atoms. The maximum Gasteiger partial charge on any atom is 0.435 e. The Morgan fingerprint density at radius 2 is 1.73 bits per heavy atom. The Morgan fingerprint density at radius 3 is 2.27 bits per heavy atom. The number of nitrogens with zero attached hydrogens (tertiary/aromatic N) is 2. The number of alkyl halides is 3. The molecular weight excluding hydrogens is 537 g/mol. The van der Waals surface area contributed by atoms with Gasteiger partial charge < -0.3 is 23.5 Å². The molecule has 0 saturated heterocycles. The predicted molar refractivity (Wildman–Crippen MR) is 150 cm³/mol. The second-order valence-electron chi connectivity index (χ2n) is 11.7. The van der Waals surface area contributed by atoms with Gasteiger partial charge in [0.15, 0.2) is 5.69 Å². The summed E-state index contributed by atoms with van der Waals surface area (Å²) in [7, 11) is 2.80. The van der Waals surface area contributed by atoms with Crippen LogP contribution >= 0.6 is 0 Å². The molecule has 0 radical (unpaired) electrons. The van der Waals surface area contributed by atoms with E-state index in [9.17, 15) is 18.0 Å². The van der Waals surface area contributed by atoms with Gasteiger partial charge in [-0.3, -0.25) is 4.79 Å². The molecule has 1 heterocycles. The van der Waals surface area contributed by atoms with E-state index in [1.54, 1.807) is 4.57 Å². The van der Waals surface area contributed by atoms with Gasteiger partial charge in [0, 0.05) is 27.2 Å². The van der Waals surface area contributed by atoms with Crippen molar-refractivity contribution in [3.8, 4) is 0 Å². The highest BCUT2D eigenvalue weighted by Gasteiger charge is 2.42. The summed E-state index contributed by atoms with van der Waals surface area (Å²) in [5.74, 6) is -0.0775. The van der Waals surface area contributed by atoms with Gasteiger partial charge in [0.05, 0.1) is 19.1 Å². The van der Waals surface area contributed by atoms with Crippen LogP contribution in [0, 0.1) is 5.92 Å². The Labute approximate surface area is 241 Å². The number of rotatable bonds is 14. The van der Waals surface area contributed by atoms with E-state index in [1.807, 2.05) is 52.0 Å². The average Bonchev–Trinajstić information content (AvgIpc) is 3.54. The van der Waals surface area contributed by atoms with Crippen molar-refractivity contribution in [3.05, 3.63) is 52.6 Å². The maximum absolute atomic E-state index is 14.2. The highest BCUT2D eigenvalue weighted by molar-refractivity contribution is 5.79. The van der Waals surface area contributed by atoms with Gasteiger partial charge in [0.2, 0.25) is 6.29 Å². The molecule has 0 aliphatic heterocycles. The summed E-state index contributed by atoms with van der Waals surface area (Å²) in [5.41, 5.74) is -0.125. The van der Waals surface area contributed by atoms with Gasteiger partial charge in [-0.1, -0.05) is 50.5 Å². The first-order valence-electron chi connectivity index (χ1n) is 14.5. The first-order chi connectivity index (χ1) is 19.4. The number of halogens is 3. The summed E-state index contributed by atoms with van der Waals surface area (Å²) in [5, 5.41) is 0. The molecule has 41 heavy (non-hydrogen) atoms. The Balaban J connectivity index is 1.99. The van der Waals surface area contributed by atoms with Gasteiger partial charge in [-0.15, -0.1) is 0 Å². The molecule has 1 saturated carbocycles. The molecule has 0 spiro atoms. The third-order valence-electron chi connectivity index (χ3n) is 7.31. The summed E-state index contributed by atoms with van der Waals surface area (Å²) in [6, 6.07) is 7.54. The molecule has 3 rings (SSSR count). The predicted octanol–water partition coefficient (Wildman–Crippen LogP) is 7.22. The zero-order chi connectivity index (χ0) is 30.2. The molecule has 2 aromatic rings. The molecule has 7 nitrogen and oxygen atoms in total. The number of hydrogen-bond acceptors (Lipinski definition) is 6. The zero-order valence-electron chi connectivity index (χ0n) is 25.2. The van der Waals surface area contributed by atoms with E-state index >= 15 is 0 Å². The Hall–Kier alpha value is -2.43. The van der Waals surface area contributed by atoms with E-state index in [2.05, 4.69) is 4.98 Å². The SMILES string of the molecule is CCCCc1nc(C(F)(F)F)c(C(OC)OCCOC)n1Cc1ccc(C(C(=O)OC(C)(C)C)C2CCCC2)cc1. The molecular formula is C31H45F3N2O5. The van der Waals surface area contributed by atoms with Crippen LogP contribution in [0.4, 0.5) is 13.2 Å². The summed E-state index contributed by atoms with van der Waals surface area (Å²) in [6.07, 6.45) is 0.0175. The standard InChI is InChI=1S/C31H45F3N2O5/c1-7-8-13-24-35-27(31(32,33)34)26(29(39-6)40-19-18-38-5)36(24)20-21-14-16-23(17-15-21)25(22-11-9-10-12-22)28(37)41-30(2,3)4/h14-17,22,25,29H,7-13,18-20H2,1-6H3. The van der Waals surface area contributed by atoms with Crippen LogP contribution in [0.3, 0.4) is 0 Å². The molecule has 230 valence electrons. The van der Waals surface area contributed by atoms with Crippen LogP contribution in [0.5, 0.6) is 0 Å². The van der Waals surface area contributed by atoms with E-state index < -0.39 is 23.8 Å². The van der Waals surface area contributed by atoms with Crippen molar-refractivity contribution in [2.24, 2.45) is 5.92 Å². The number of benzene rings is 1. The fourth-order valence-electron chi connectivity index (χ4n) is 5.43. The Morgan fingerprint density at radius 1 is 1.07 bits per heavy atom. The summed E-state index contributed by atoms with van der Waals surface area (Å²) in [4.78, 5) is 17.3. The van der Waals surface area contributed by atoms with E-state index in [4.69, 9.17) is 18.9 Å². The van der Waals surface area contributed by atoms with Crippen molar-refractivity contribution in [1.82, 2.24) is 9.55 Å². The lowest BCUT2D eigenvalue weighted by atomic mass is 9.84. The minimum Gasteiger partial charge on any atom is -0.459 e. The smallest absolute Gasteiger partial charge is 0.435 e. The van der Waals surface area contributed by atoms with Crippen molar-refractivity contribution in [1.29, 1.82) is 0 Å². The molecule has 1 aromatic heterocycles. The van der Waals surface area contributed by atoms with Crippen LogP contribution < -0.4 is 0 Å². The number of imidazole rings is 1. The number of carbonyl (C=O) groups is 1. The number of carbonyl (C=O) groups excluding carboxylic acids is 1. The minimum atomic E-state index is -4.69. The number of aryl methyl sites for hydroxylation is 1. The van der Waals surface area contributed by atoms with Crippen LogP contribution in [0.15, 0.2) is 24.3 Å². The molecule has 0 N–H and O–H groups in total. The largest absolute Gasteiger partial charge is 0.459 e. The van der Waals surface area contributed by atoms with Crippen molar-refractivity contribution in [2.75, 3.05) is 27.4 Å². The van der Waals surface area contributed by atoms with Crippen LogP contribution in [0.25, 0.3) is 0 Å². The Kier molecular flexibility index (Phi) is 11.8. The summed E-state index contributed by atoms with van der Waals surface area (Å²) < 4.78 is 66.1. The van der Waals surface area contributed by atoms with Gasteiger partial charge in [-0.25, -0.2) is 4.98 Å². The fraction of sp³-hybridized carbons (Fsp3) is 0.677. The van der Waals surface area contributed by atoms with E-state index in [-0.39, 0.29) is 43.3 Å². The van der Waals surface area contributed by atoms with Crippen molar-refractivity contribution in [2.45, 2.75) is 103 Å². The molecule has 2 atom stereocenters. The quantitative estimate of drug-likeness (QED) is 0.133. The molecule has 1 aliphatic rings. The highest BCUT2D eigenvalue weighted by atomic mass is 19.4. The number of unbranched alkanes of at least 4 members (excludes halogenated alkanes) is 1. The van der Waals surface area contributed by atoms with Crippen molar-refractivity contribution >= 4 is 5.97 Å². The second kappa shape index (κ2) is 14.6. The average molecular weight is 583 g/mol. The second-order valence-corrected chi connectivity index (χ2v) is 11.7. The number of hydrogen-bond donors (Lipinski definition) is 0. The van der Waals surface area contributed by atoms with Crippen LogP contribution in [0.2, 0.25) is 0 Å². The number of esters is 1. The van der Waals surface area contributed by atoms with Crippen LogP contribution in [0.1, 0.15) is 107 Å². The number of aromatic nitrogens is 2. The Bertz CT molecular complexity index is 1100. The third-order valence-corrected chi connectivity index (χ3v) is 7.31. The van der Waals surface area contributed by atoms with E-state index in [0.29, 0.717) is 18.7 Å². The topological polar surface area (TPSA) is 71.8 Å². The van der Waals surface area contributed by atoms with Crippen molar-refractivity contribution in [3.63, 3.8) is 0 Å². The molecule has 10 heteroatoms. The molecule has 1 aromatic carbocycles. The lowest BCUT2D eigenvalue weighted by molar-refractivity contribution is -0.160. The summed E-state index contributed by atoms with van der Waals surface area (Å²) >= 11 is 0. The zero-order valence-corrected chi connectivity index (χ0v) is 25.2. The monoisotopic (exact) mass is 582 g/mol. The fourth-order valence-corrected chi connectivity index (χ4v) is 5.43. The molecule has 0 amide bonds. The van der Waals surface area contributed by atoms with Crippen LogP contribution in [-0.4, -0.2) is 48.6 Å². The van der Waals surface area contributed by atoms with E-state index in [0.717, 1.165) is 43.2 Å². The number of ether oxygens (including phenoxy) is 4. The molecule has 1 fully saturated rings. The first kappa shape index (κ1) is 33.1. The minimum absolute atomic E-state index is 0.0592. The van der Waals surface area contributed by atoms with Gasteiger partial charge in [0.25, 0.3) is 0 Å². The van der Waals surface area contributed by atoms with Gasteiger partial charge >= 0.3 is 12.1 Å². The molecule has 2 unspecified atom stereocenters. The maximum atomic E-state index is 14.2. The first-order valence-corrected chi connectivity index (χ1v) is 14.5. The van der Waals surface area contributed by atoms with Gasteiger partial charge in [-0.2, -0.15) is 13.2 Å². The van der Waals surface area contributed by atoms with Gasteiger partial charge in [0.1, 0.15) is 17.1 Å². The lowest BCUT2D eigenvalue weighted by Crippen LogP contribution is -2.30.